The number of sulfonamides is 1. The van der Waals surface area contributed by atoms with Gasteiger partial charge in [-0.2, -0.15) is 0 Å². The predicted molar refractivity (Wildman–Crippen MR) is 94.5 cm³/mol. The van der Waals surface area contributed by atoms with Crippen molar-refractivity contribution in [1.82, 2.24) is 0 Å². The number of aryl methyl sites for hydroxylation is 3. The smallest absolute Gasteiger partial charge is 0.263 e. The molecule has 0 spiro atoms. The molecule has 0 heterocycles. The minimum Gasteiger partial charge on any atom is -0.495 e. The standard InChI is InChI=1S/C16H17Cl2NO3S/c1-9-7-10(2)16(11(3)8-9)19-23(20,21)13-6-5-12(22-4)14(17)15(13)18/h5-8,19H,1-4H3. The highest BCUT2D eigenvalue weighted by Gasteiger charge is 2.23. The van der Waals surface area contributed by atoms with Crippen LogP contribution in [-0.2, 0) is 10.0 Å². The molecule has 0 saturated carbocycles. The summed E-state index contributed by atoms with van der Waals surface area (Å²) >= 11 is 12.1. The fourth-order valence-electron chi connectivity index (χ4n) is 2.41. The van der Waals surface area contributed by atoms with Crippen molar-refractivity contribution in [2.75, 3.05) is 11.8 Å². The summed E-state index contributed by atoms with van der Waals surface area (Å²) in [6.45, 7) is 5.65. The van der Waals surface area contributed by atoms with Gasteiger partial charge in [0, 0.05) is 0 Å². The van der Waals surface area contributed by atoms with Crippen LogP contribution in [0.4, 0.5) is 5.69 Å². The molecule has 2 aromatic rings. The van der Waals surface area contributed by atoms with Crippen LogP contribution < -0.4 is 9.46 Å². The minimum atomic E-state index is -3.87. The number of halogens is 2. The molecule has 0 aliphatic heterocycles. The number of methoxy groups -OCH3 is 1. The molecule has 0 radical (unpaired) electrons. The van der Waals surface area contributed by atoms with Crippen molar-refractivity contribution < 1.29 is 13.2 Å². The molecule has 0 bridgehead atoms. The van der Waals surface area contributed by atoms with Crippen LogP contribution >= 0.6 is 23.2 Å². The van der Waals surface area contributed by atoms with Gasteiger partial charge in [0.25, 0.3) is 10.0 Å². The summed E-state index contributed by atoms with van der Waals surface area (Å²) in [4.78, 5) is -0.0932. The van der Waals surface area contributed by atoms with E-state index in [1.807, 2.05) is 32.9 Å². The van der Waals surface area contributed by atoms with Crippen molar-refractivity contribution >= 4 is 38.9 Å². The number of benzene rings is 2. The zero-order valence-corrected chi connectivity index (χ0v) is 15.5. The first kappa shape index (κ1) is 17.9. The average Bonchev–Trinajstić information content (AvgIpc) is 2.45. The van der Waals surface area contributed by atoms with Gasteiger partial charge in [-0.15, -0.1) is 0 Å². The summed E-state index contributed by atoms with van der Waals surface area (Å²) < 4.78 is 33.0. The molecule has 0 unspecified atom stereocenters. The number of ether oxygens (including phenoxy) is 1. The van der Waals surface area contributed by atoms with E-state index in [0.29, 0.717) is 11.4 Å². The van der Waals surface area contributed by atoms with Crippen molar-refractivity contribution in [3.05, 3.63) is 51.0 Å². The fourth-order valence-corrected chi connectivity index (χ4v) is 4.45. The molecule has 1 N–H and O–H groups in total. The molecular weight excluding hydrogens is 357 g/mol. The van der Waals surface area contributed by atoms with Gasteiger partial charge >= 0.3 is 0 Å². The van der Waals surface area contributed by atoms with Crippen molar-refractivity contribution in [1.29, 1.82) is 0 Å². The molecule has 0 saturated heterocycles. The molecule has 0 aromatic heterocycles. The Labute approximate surface area is 146 Å². The zero-order chi connectivity index (χ0) is 17.4. The normalized spacial score (nSPS) is 11.4. The van der Waals surface area contributed by atoms with E-state index in [1.165, 1.54) is 19.2 Å². The Bertz CT molecular complexity index is 841. The summed E-state index contributed by atoms with van der Waals surface area (Å²) in [6, 6.07) is 6.66. The number of anilines is 1. The lowest BCUT2D eigenvalue weighted by atomic mass is 10.1. The second kappa shape index (κ2) is 6.59. The Morgan fingerprint density at radius 2 is 1.57 bits per heavy atom. The van der Waals surface area contributed by atoms with Gasteiger partial charge in [0.05, 0.1) is 17.8 Å². The summed E-state index contributed by atoms with van der Waals surface area (Å²) in [7, 11) is -2.44. The van der Waals surface area contributed by atoms with Crippen LogP contribution in [0.15, 0.2) is 29.2 Å². The predicted octanol–water partition coefficient (Wildman–Crippen LogP) is 4.73. The largest absolute Gasteiger partial charge is 0.495 e. The summed E-state index contributed by atoms with van der Waals surface area (Å²) in [5.74, 6) is 0.318. The van der Waals surface area contributed by atoms with E-state index in [1.54, 1.807) is 0 Å². The maximum absolute atomic E-state index is 12.7. The topological polar surface area (TPSA) is 55.4 Å². The van der Waals surface area contributed by atoms with Gasteiger partial charge in [-0.05, 0) is 44.0 Å². The highest BCUT2D eigenvalue weighted by molar-refractivity contribution is 7.92. The first-order valence-corrected chi connectivity index (χ1v) is 9.04. The number of hydrogen-bond donors (Lipinski definition) is 1. The van der Waals surface area contributed by atoms with Crippen LogP contribution in [0.25, 0.3) is 0 Å². The second-order valence-corrected chi connectivity index (χ2v) is 7.68. The maximum Gasteiger partial charge on any atom is 0.263 e. The Kier molecular flexibility index (Phi) is 5.14. The summed E-state index contributed by atoms with van der Waals surface area (Å²) in [5, 5.41) is -0.00433. The molecule has 2 rings (SSSR count). The Morgan fingerprint density at radius 1 is 1.00 bits per heavy atom. The van der Waals surface area contributed by atoms with E-state index in [-0.39, 0.29) is 14.9 Å². The van der Waals surface area contributed by atoms with Gasteiger partial charge in [-0.1, -0.05) is 40.9 Å². The van der Waals surface area contributed by atoms with Gasteiger partial charge < -0.3 is 4.74 Å². The minimum absolute atomic E-state index is 0.0643. The van der Waals surface area contributed by atoms with Crippen molar-refractivity contribution in [2.45, 2.75) is 25.7 Å². The number of rotatable bonds is 4. The van der Waals surface area contributed by atoms with E-state index >= 15 is 0 Å². The molecule has 124 valence electrons. The van der Waals surface area contributed by atoms with Gasteiger partial charge in [0.2, 0.25) is 0 Å². The van der Waals surface area contributed by atoms with E-state index in [4.69, 9.17) is 27.9 Å². The van der Waals surface area contributed by atoms with E-state index in [0.717, 1.165) is 16.7 Å². The SMILES string of the molecule is COc1ccc(S(=O)(=O)Nc2c(C)cc(C)cc2C)c(Cl)c1Cl. The molecule has 0 atom stereocenters. The fraction of sp³-hybridized carbons (Fsp3) is 0.250. The summed E-state index contributed by atoms with van der Waals surface area (Å²) in [5.41, 5.74) is 3.27. The Hall–Kier alpha value is -1.43. The molecule has 0 aliphatic carbocycles. The van der Waals surface area contributed by atoms with Crippen LogP contribution in [0.2, 0.25) is 10.0 Å². The molecule has 0 aliphatic rings. The monoisotopic (exact) mass is 373 g/mol. The van der Waals surface area contributed by atoms with Crippen LogP contribution in [0.3, 0.4) is 0 Å². The molecule has 0 fully saturated rings. The molecule has 23 heavy (non-hydrogen) atoms. The van der Waals surface area contributed by atoms with Crippen LogP contribution in [0.1, 0.15) is 16.7 Å². The highest BCUT2D eigenvalue weighted by Crippen LogP contribution is 2.37. The van der Waals surface area contributed by atoms with E-state index in [9.17, 15) is 8.42 Å². The molecule has 0 amide bonds. The van der Waals surface area contributed by atoms with Gasteiger partial charge in [0.1, 0.15) is 15.7 Å². The van der Waals surface area contributed by atoms with Crippen molar-refractivity contribution in [2.24, 2.45) is 0 Å². The molecular formula is C16H17Cl2NO3S. The summed E-state index contributed by atoms with van der Waals surface area (Å²) in [6.07, 6.45) is 0. The number of nitrogens with one attached hydrogen (secondary N) is 1. The first-order valence-electron chi connectivity index (χ1n) is 6.80. The third-order valence-electron chi connectivity index (χ3n) is 3.43. The lowest BCUT2D eigenvalue weighted by molar-refractivity contribution is 0.414. The van der Waals surface area contributed by atoms with Crippen LogP contribution in [-0.4, -0.2) is 15.5 Å². The molecule has 7 heteroatoms. The maximum atomic E-state index is 12.7. The molecule has 2 aromatic carbocycles. The lowest BCUT2D eigenvalue weighted by Crippen LogP contribution is -2.15. The highest BCUT2D eigenvalue weighted by atomic mass is 35.5. The van der Waals surface area contributed by atoms with Gasteiger partial charge in [-0.3, -0.25) is 4.72 Å². The van der Waals surface area contributed by atoms with E-state index < -0.39 is 10.0 Å². The van der Waals surface area contributed by atoms with E-state index in [2.05, 4.69) is 4.72 Å². The Morgan fingerprint density at radius 3 is 2.09 bits per heavy atom. The molecule has 4 nitrogen and oxygen atoms in total. The van der Waals surface area contributed by atoms with Crippen LogP contribution in [0.5, 0.6) is 5.75 Å². The second-order valence-electron chi connectivity index (χ2n) is 5.27. The van der Waals surface area contributed by atoms with Crippen molar-refractivity contribution in [3.63, 3.8) is 0 Å². The zero-order valence-electron chi connectivity index (χ0n) is 13.2. The van der Waals surface area contributed by atoms with Gasteiger partial charge in [0.15, 0.2) is 0 Å². The third-order valence-corrected chi connectivity index (χ3v) is 5.80. The average molecular weight is 374 g/mol. The first-order chi connectivity index (χ1) is 10.7. The van der Waals surface area contributed by atoms with Crippen molar-refractivity contribution in [3.8, 4) is 5.75 Å². The quantitative estimate of drug-likeness (QED) is 0.842. The third kappa shape index (κ3) is 3.57. The number of hydrogen-bond acceptors (Lipinski definition) is 3. The van der Waals surface area contributed by atoms with Gasteiger partial charge in [-0.25, -0.2) is 8.42 Å². The lowest BCUT2D eigenvalue weighted by Gasteiger charge is -2.16. The van der Waals surface area contributed by atoms with Crippen LogP contribution in [0, 0.1) is 20.8 Å². The Balaban J connectivity index is 2.51.